The number of carbonyl (C=O) groups excluding carboxylic acids is 1. The van der Waals surface area contributed by atoms with E-state index in [9.17, 15) is 4.79 Å². The first kappa shape index (κ1) is 12.9. The van der Waals surface area contributed by atoms with Gasteiger partial charge in [0.05, 0.1) is 0 Å². The van der Waals surface area contributed by atoms with Gasteiger partial charge in [0.1, 0.15) is 5.75 Å². The fourth-order valence-corrected chi connectivity index (χ4v) is 2.02. The van der Waals surface area contributed by atoms with Crippen molar-refractivity contribution in [2.75, 3.05) is 0 Å². The lowest BCUT2D eigenvalue weighted by Gasteiger charge is -2.13. The molecule has 2 aromatic carbocycles. The predicted molar refractivity (Wildman–Crippen MR) is 74.1 cm³/mol. The number of halogens is 1. The average molecular weight is 309 g/mol. The van der Waals surface area contributed by atoms with Crippen LogP contribution in [0.2, 0.25) is 0 Å². The van der Waals surface area contributed by atoms with Gasteiger partial charge in [0.25, 0.3) is 5.91 Å². The maximum Gasteiger partial charge on any atom is 0.274 e. The van der Waals surface area contributed by atoms with Crippen molar-refractivity contribution in [3.8, 4) is 5.75 Å². The molecule has 5 heteroatoms. The summed E-state index contributed by atoms with van der Waals surface area (Å²) in [5.41, 5.74) is 2.06. The zero-order valence-corrected chi connectivity index (χ0v) is 11.4. The molecule has 2 aromatic rings. The molecule has 0 aliphatic rings. The standard InChI is InChI=1S/C13H13BrN2O2/c1-8(13(17)16-15)18-12-5-3-9-6-11(14)4-2-10(9)7-12/h2-8H,15H2,1H3,(H,16,17). The van der Waals surface area contributed by atoms with Crippen LogP contribution >= 0.6 is 15.9 Å². The van der Waals surface area contributed by atoms with E-state index in [1.165, 1.54) is 0 Å². The first-order chi connectivity index (χ1) is 8.60. The summed E-state index contributed by atoms with van der Waals surface area (Å²) < 4.78 is 6.53. The zero-order chi connectivity index (χ0) is 13.1. The minimum Gasteiger partial charge on any atom is -0.481 e. The van der Waals surface area contributed by atoms with E-state index in [1.807, 2.05) is 36.4 Å². The molecular formula is C13H13BrN2O2. The van der Waals surface area contributed by atoms with Crippen LogP contribution < -0.4 is 16.0 Å². The Labute approximate surface area is 113 Å². The normalized spacial score (nSPS) is 12.2. The second kappa shape index (κ2) is 5.37. The molecular weight excluding hydrogens is 296 g/mol. The van der Waals surface area contributed by atoms with Crippen LogP contribution in [0.3, 0.4) is 0 Å². The number of amides is 1. The van der Waals surface area contributed by atoms with Gasteiger partial charge < -0.3 is 4.74 Å². The summed E-state index contributed by atoms with van der Waals surface area (Å²) in [6.45, 7) is 1.65. The molecule has 0 radical (unpaired) electrons. The molecule has 0 aliphatic carbocycles. The fourth-order valence-electron chi connectivity index (χ4n) is 1.64. The highest BCUT2D eigenvalue weighted by Gasteiger charge is 2.12. The third kappa shape index (κ3) is 2.80. The van der Waals surface area contributed by atoms with E-state index in [4.69, 9.17) is 10.6 Å². The number of hydrazine groups is 1. The molecule has 2 rings (SSSR count). The second-order valence-corrected chi connectivity index (χ2v) is 4.84. The van der Waals surface area contributed by atoms with Gasteiger partial charge in [-0.1, -0.05) is 28.1 Å². The Morgan fingerprint density at radius 2 is 1.94 bits per heavy atom. The number of carbonyl (C=O) groups is 1. The molecule has 0 saturated heterocycles. The second-order valence-electron chi connectivity index (χ2n) is 3.92. The Morgan fingerprint density at radius 3 is 2.67 bits per heavy atom. The summed E-state index contributed by atoms with van der Waals surface area (Å²) >= 11 is 3.42. The van der Waals surface area contributed by atoms with Crippen molar-refractivity contribution in [2.45, 2.75) is 13.0 Å². The first-order valence-electron chi connectivity index (χ1n) is 5.46. The van der Waals surface area contributed by atoms with Crippen LogP contribution in [0.1, 0.15) is 6.92 Å². The number of ether oxygens (including phenoxy) is 1. The Balaban J connectivity index is 2.25. The maximum absolute atomic E-state index is 11.3. The van der Waals surface area contributed by atoms with Crippen molar-refractivity contribution < 1.29 is 9.53 Å². The van der Waals surface area contributed by atoms with Crippen LogP contribution in [0.15, 0.2) is 40.9 Å². The zero-order valence-electron chi connectivity index (χ0n) is 9.81. The molecule has 0 saturated carbocycles. The van der Waals surface area contributed by atoms with Crippen LogP contribution in [0.5, 0.6) is 5.75 Å². The molecule has 1 amide bonds. The van der Waals surface area contributed by atoms with E-state index in [-0.39, 0.29) is 5.91 Å². The van der Waals surface area contributed by atoms with Crippen LogP contribution in [0.25, 0.3) is 10.8 Å². The average Bonchev–Trinajstić information content (AvgIpc) is 2.38. The molecule has 1 atom stereocenters. The van der Waals surface area contributed by atoms with Crippen LogP contribution in [-0.2, 0) is 4.79 Å². The van der Waals surface area contributed by atoms with Gasteiger partial charge in [-0.15, -0.1) is 0 Å². The highest BCUT2D eigenvalue weighted by Crippen LogP contribution is 2.24. The van der Waals surface area contributed by atoms with Crippen LogP contribution in [0.4, 0.5) is 0 Å². The SMILES string of the molecule is CC(Oc1ccc2cc(Br)ccc2c1)C(=O)NN. The minimum absolute atomic E-state index is 0.356. The van der Waals surface area contributed by atoms with Gasteiger partial charge in [-0.05, 0) is 42.0 Å². The largest absolute Gasteiger partial charge is 0.481 e. The lowest BCUT2D eigenvalue weighted by Crippen LogP contribution is -2.40. The highest BCUT2D eigenvalue weighted by molar-refractivity contribution is 9.10. The number of nitrogens with two attached hydrogens (primary N) is 1. The smallest absolute Gasteiger partial charge is 0.274 e. The monoisotopic (exact) mass is 308 g/mol. The van der Waals surface area contributed by atoms with Crippen molar-refractivity contribution in [3.63, 3.8) is 0 Å². The Morgan fingerprint density at radius 1 is 1.28 bits per heavy atom. The number of nitrogens with one attached hydrogen (secondary N) is 1. The molecule has 3 N–H and O–H groups in total. The Hall–Kier alpha value is -1.59. The summed E-state index contributed by atoms with van der Waals surface area (Å²) in [5, 5.41) is 2.16. The topological polar surface area (TPSA) is 64.3 Å². The van der Waals surface area contributed by atoms with Crippen molar-refractivity contribution in [1.82, 2.24) is 5.43 Å². The summed E-state index contributed by atoms with van der Waals surface area (Å²) in [4.78, 5) is 11.3. The van der Waals surface area contributed by atoms with E-state index in [0.717, 1.165) is 15.2 Å². The number of fused-ring (bicyclic) bond motifs is 1. The van der Waals surface area contributed by atoms with Gasteiger partial charge in [0.2, 0.25) is 0 Å². The molecule has 0 aliphatic heterocycles. The molecule has 0 heterocycles. The number of rotatable bonds is 3. The van der Waals surface area contributed by atoms with E-state index >= 15 is 0 Å². The van der Waals surface area contributed by atoms with E-state index in [0.29, 0.717) is 5.75 Å². The number of hydrogen-bond donors (Lipinski definition) is 2. The molecule has 0 bridgehead atoms. The molecule has 4 nitrogen and oxygen atoms in total. The summed E-state index contributed by atoms with van der Waals surface area (Å²) in [7, 11) is 0. The predicted octanol–water partition coefficient (Wildman–Crippen LogP) is 2.36. The van der Waals surface area contributed by atoms with Gasteiger partial charge in [0.15, 0.2) is 6.10 Å². The molecule has 0 aromatic heterocycles. The van der Waals surface area contributed by atoms with Crippen LogP contribution in [0, 0.1) is 0 Å². The molecule has 94 valence electrons. The lowest BCUT2D eigenvalue weighted by molar-refractivity contribution is -0.127. The minimum atomic E-state index is -0.622. The quantitative estimate of drug-likeness (QED) is 0.520. The Kier molecular flexibility index (Phi) is 3.84. The van der Waals surface area contributed by atoms with E-state index in [1.54, 1.807) is 6.92 Å². The molecule has 18 heavy (non-hydrogen) atoms. The van der Waals surface area contributed by atoms with Gasteiger partial charge in [-0.3, -0.25) is 10.2 Å². The van der Waals surface area contributed by atoms with Gasteiger partial charge in [0, 0.05) is 4.47 Å². The van der Waals surface area contributed by atoms with Crippen LogP contribution in [-0.4, -0.2) is 12.0 Å². The van der Waals surface area contributed by atoms with Crippen molar-refractivity contribution in [3.05, 3.63) is 40.9 Å². The highest BCUT2D eigenvalue weighted by atomic mass is 79.9. The van der Waals surface area contributed by atoms with Gasteiger partial charge >= 0.3 is 0 Å². The van der Waals surface area contributed by atoms with Crippen molar-refractivity contribution in [2.24, 2.45) is 5.84 Å². The summed E-state index contributed by atoms with van der Waals surface area (Å²) in [6, 6.07) is 11.6. The first-order valence-corrected chi connectivity index (χ1v) is 6.26. The van der Waals surface area contributed by atoms with Crippen molar-refractivity contribution >= 4 is 32.6 Å². The van der Waals surface area contributed by atoms with Crippen molar-refractivity contribution in [1.29, 1.82) is 0 Å². The summed E-state index contributed by atoms with van der Waals surface area (Å²) in [5.74, 6) is 5.33. The van der Waals surface area contributed by atoms with E-state index < -0.39 is 6.10 Å². The number of benzene rings is 2. The van der Waals surface area contributed by atoms with Gasteiger partial charge in [-0.2, -0.15) is 0 Å². The molecule has 1 unspecified atom stereocenters. The number of hydrogen-bond acceptors (Lipinski definition) is 3. The molecule has 0 fully saturated rings. The molecule has 0 spiro atoms. The maximum atomic E-state index is 11.3. The lowest BCUT2D eigenvalue weighted by atomic mass is 10.1. The fraction of sp³-hybridized carbons (Fsp3) is 0.154. The summed E-state index contributed by atoms with van der Waals surface area (Å²) in [6.07, 6.45) is -0.622. The Bertz CT molecular complexity index is 586. The third-order valence-electron chi connectivity index (χ3n) is 2.60. The third-order valence-corrected chi connectivity index (χ3v) is 3.09. The van der Waals surface area contributed by atoms with Gasteiger partial charge in [-0.25, -0.2) is 5.84 Å². The van der Waals surface area contributed by atoms with E-state index in [2.05, 4.69) is 21.4 Å².